The molecule has 9 heteroatoms. The van der Waals surface area contributed by atoms with Gasteiger partial charge in [-0.05, 0) is 62.1 Å². The van der Waals surface area contributed by atoms with Crippen LogP contribution < -0.4 is 10.1 Å². The molecular weight excluding hydrogens is 472 g/mol. The van der Waals surface area contributed by atoms with Crippen LogP contribution >= 0.6 is 11.6 Å². The van der Waals surface area contributed by atoms with Gasteiger partial charge in [-0.2, -0.15) is 0 Å². The van der Waals surface area contributed by atoms with Gasteiger partial charge in [-0.3, -0.25) is 4.79 Å². The Bertz CT molecular complexity index is 1070. The van der Waals surface area contributed by atoms with Gasteiger partial charge in [0.1, 0.15) is 24.2 Å². The first-order valence-corrected chi connectivity index (χ1v) is 12.2. The molecule has 2 aliphatic heterocycles. The number of aromatic hydroxyl groups is 1. The maximum absolute atomic E-state index is 12.7. The number of aliphatic hydroxyl groups excluding tert-OH is 2. The van der Waals surface area contributed by atoms with Crippen molar-refractivity contribution in [3.8, 4) is 11.5 Å². The summed E-state index contributed by atoms with van der Waals surface area (Å²) in [6.45, 7) is 5.67. The molecule has 0 bridgehead atoms. The van der Waals surface area contributed by atoms with Gasteiger partial charge < -0.3 is 35.0 Å². The minimum Gasteiger partial charge on any atom is -0.508 e. The number of likely N-dealkylation sites (tertiary alicyclic amines) is 1. The fraction of sp³-hybridized carbons (Fsp3) is 0.500. The molecule has 0 radical (unpaired) electrons. The van der Waals surface area contributed by atoms with E-state index in [2.05, 4.69) is 16.3 Å². The second kappa shape index (κ2) is 10.3. The summed E-state index contributed by atoms with van der Waals surface area (Å²) >= 11 is 6.13. The third-order valence-corrected chi connectivity index (χ3v) is 6.92. The van der Waals surface area contributed by atoms with Crippen LogP contribution in [0.25, 0.3) is 0 Å². The first-order chi connectivity index (χ1) is 16.6. The van der Waals surface area contributed by atoms with Crippen LogP contribution in [0.4, 0.5) is 0 Å². The molecule has 1 amide bonds. The van der Waals surface area contributed by atoms with E-state index >= 15 is 0 Å². The molecule has 4 N–H and O–H groups in total. The van der Waals surface area contributed by atoms with Crippen molar-refractivity contribution in [2.24, 2.45) is 0 Å². The second-order valence-corrected chi connectivity index (χ2v) is 10.5. The van der Waals surface area contributed by atoms with Crippen LogP contribution in [0.5, 0.6) is 11.5 Å². The lowest BCUT2D eigenvalue weighted by Crippen LogP contribution is -2.46. The number of ether oxygens (including phenoxy) is 2. The number of phenolic OH excluding ortho intramolecular Hbond substituents is 1. The summed E-state index contributed by atoms with van der Waals surface area (Å²) in [6, 6.07) is 10.1. The number of carbonyl (C=O) groups is 1. The van der Waals surface area contributed by atoms with Gasteiger partial charge >= 0.3 is 0 Å². The molecule has 0 unspecified atom stereocenters. The summed E-state index contributed by atoms with van der Waals surface area (Å²) < 4.78 is 11.9. The average Bonchev–Trinajstić information content (AvgIpc) is 3.16. The molecule has 4 rings (SSSR count). The van der Waals surface area contributed by atoms with Gasteiger partial charge in [0, 0.05) is 30.7 Å². The number of halogens is 1. The molecule has 2 aliphatic rings. The van der Waals surface area contributed by atoms with Crippen LogP contribution in [-0.2, 0) is 16.9 Å². The van der Waals surface area contributed by atoms with Gasteiger partial charge in [-0.1, -0.05) is 17.7 Å². The molecule has 1 fully saturated rings. The van der Waals surface area contributed by atoms with Crippen LogP contribution in [0.1, 0.15) is 48.2 Å². The number of aliphatic hydroxyl groups is 2. The van der Waals surface area contributed by atoms with Crippen LogP contribution in [0.3, 0.4) is 0 Å². The topological polar surface area (TPSA) is 111 Å². The summed E-state index contributed by atoms with van der Waals surface area (Å²) in [5.74, 6) is -0.317. The number of nitrogens with one attached hydrogen (secondary N) is 1. The Morgan fingerprint density at radius 3 is 2.71 bits per heavy atom. The number of carbonyl (C=O) groups excluding carboxylic acids is 1. The van der Waals surface area contributed by atoms with Crippen LogP contribution in [0, 0.1) is 0 Å². The Morgan fingerprint density at radius 1 is 1.26 bits per heavy atom. The number of hydrogen-bond acceptors (Lipinski definition) is 7. The number of fused-ring (bicyclic) bond motifs is 2. The van der Waals surface area contributed by atoms with Crippen molar-refractivity contribution in [1.29, 1.82) is 0 Å². The van der Waals surface area contributed by atoms with Gasteiger partial charge in [0.05, 0.1) is 29.9 Å². The summed E-state index contributed by atoms with van der Waals surface area (Å²) in [5, 5.41) is 33.4. The molecule has 35 heavy (non-hydrogen) atoms. The van der Waals surface area contributed by atoms with Gasteiger partial charge in [0.15, 0.2) is 0 Å². The van der Waals surface area contributed by atoms with E-state index in [1.54, 1.807) is 13.8 Å². The van der Waals surface area contributed by atoms with Crippen molar-refractivity contribution < 1.29 is 29.6 Å². The summed E-state index contributed by atoms with van der Waals surface area (Å²) in [5.41, 5.74) is 1.47. The number of β-amino-alcohol motifs (C(OH)–C–C–N with tert-alkyl or cyclic N) is 1. The Labute approximate surface area is 210 Å². The number of piperidine rings is 1. The lowest BCUT2D eigenvalue weighted by Gasteiger charge is -2.39. The van der Waals surface area contributed by atoms with Gasteiger partial charge in [-0.15, -0.1) is 0 Å². The summed E-state index contributed by atoms with van der Waals surface area (Å²) in [4.78, 5) is 14.8. The lowest BCUT2D eigenvalue weighted by atomic mass is 9.84. The van der Waals surface area contributed by atoms with E-state index in [0.717, 1.165) is 36.5 Å². The number of nitrogens with zero attached hydrogens (tertiary/aromatic N) is 1. The zero-order valence-electron chi connectivity index (χ0n) is 20.1. The zero-order chi connectivity index (χ0) is 25.2. The molecule has 190 valence electrons. The van der Waals surface area contributed by atoms with E-state index in [9.17, 15) is 20.1 Å². The molecule has 8 nitrogen and oxygen atoms in total. The molecule has 0 aromatic heterocycles. The minimum atomic E-state index is -0.812. The normalized spacial score (nSPS) is 18.3. The third-order valence-electron chi connectivity index (χ3n) is 6.68. The molecule has 2 aromatic carbocycles. The van der Waals surface area contributed by atoms with Crippen molar-refractivity contribution in [2.75, 3.05) is 32.8 Å². The lowest BCUT2D eigenvalue weighted by molar-refractivity contribution is -0.0835. The minimum absolute atomic E-state index is 0.0351. The van der Waals surface area contributed by atoms with Crippen molar-refractivity contribution in [1.82, 2.24) is 10.2 Å². The fourth-order valence-corrected chi connectivity index (χ4v) is 4.89. The number of rotatable bonds is 8. The first kappa shape index (κ1) is 25.7. The zero-order valence-corrected chi connectivity index (χ0v) is 20.8. The van der Waals surface area contributed by atoms with E-state index in [0.29, 0.717) is 13.2 Å². The van der Waals surface area contributed by atoms with Crippen LogP contribution in [0.2, 0.25) is 5.02 Å². The maximum atomic E-state index is 12.7. The van der Waals surface area contributed by atoms with Crippen LogP contribution in [-0.4, -0.2) is 70.6 Å². The molecule has 0 aliphatic carbocycles. The number of benzene rings is 2. The van der Waals surface area contributed by atoms with Gasteiger partial charge in [-0.25, -0.2) is 0 Å². The largest absolute Gasteiger partial charge is 0.508 e. The quantitative estimate of drug-likeness (QED) is 0.437. The summed E-state index contributed by atoms with van der Waals surface area (Å²) in [7, 11) is 0. The van der Waals surface area contributed by atoms with E-state index in [4.69, 9.17) is 21.1 Å². The molecule has 0 saturated carbocycles. The third kappa shape index (κ3) is 5.90. The Kier molecular flexibility index (Phi) is 7.59. The molecule has 1 spiro atoms. The number of hydrogen-bond donors (Lipinski definition) is 4. The Hall–Kier alpha value is -2.36. The molecular formula is C26H33ClN2O6. The standard InChI is InChI=1S/C26H33ClN2O6/c1-25(2,16-30)28-24(33)21-5-4-19(31)12-23(21)34-15-20(32)13-29-9-7-26(8-10-29)22-6-3-18(27)11-17(22)14-35-26/h3-6,11-12,20,30-32H,7-10,13-16H2,1-2H3,(H,28,33)/t20-/m0/s1. The Balaban J connectivity index is 1.32. The van der Waals surface area contributed by atoms with Crippen molar-refractivity contribution in [3.63, 3.8) is 0 Å². The van der Waals surface area contributed by atoms with E-state index in [-0.39, 0.29) is 35.9 Å². The van der Waals surface area contributed by atoms with Crippen molar-refractivity contribution >= 4 is 17.5 Å². The van der Waals surface area contributed by atoms with Crippen LogP contribution in [0.15, 0.2) is 36.4 Å². The van der Waals surface area contributed by atoms with E-state index in [1.807, 2.05) is 12.1 Å². The predicted octanol–water partition coefficient (Wildman–Crippen LogP) is 2.81. The molecule has 1 saturated heterocycles. The molecule has 2 heterocycles. The predicted molar refractivity (Wildman–Crippen MR) is 132 cm³/mol. The highest BCUT2D eigenvalue weighted by Crippen LogP contribution is 2.44. The molecule has 2 aromatic rings. The smallest absolute Gasteiger partial charge is 0.255 e. The second-order valence-electron chi connectivity index (χ2n) is 10.0. The highest BCUT2D eigenvalue weighted by atomic mass is 35.5. The highest BCUT2D eigenvalue weighted by Gasteiger charge is 2.42. The maximum Gasteiger partial charge on any atom is 0.255 e. The van der Waals surface area contributed by atoms with Crippen molar-refractivity contribution in [2.45, 2.75) is 50.5 Å². The fourth-order valence-electron chi connectivity index (χ4n) is 4.70. The van der Waals surface area contributed by atoms with Crippen molar-refractivity contribution in [3.05, 3.63) is 58.1 Å². The highest BCUT2D eigenvalue weighted by molar-refractivity contribution is 6.30. The van der Waals surface area contributed by atoms with E-state index in [1.165, 1.54) is 23.8 Å². The monoisotopic (exact) mass is 504 g/mol. The van der Waals surface area contributed by atoms with Gasteiger partial charge in [0.25, 0.3) is 5.91 Å². The van der Waals surface area contributed by atoms with E-state index < -0.39 is 17.6 Å². The average molecular weight is 505 g/mol. The SMILES string of the molecule is CC(C)(CO)NC(=O)c1ccc(O)cc1OC[C@@H](O)CN1CCC2(CC1)OCc1cc(Cl)ccc12. The number of phenols is 1. The van der Waals surface area contributed by atoms with Gasteiger partial charge in [0.2, 0.25) is 0 Å². The Morgan fingerprint density at radius 2 is 2.00 bits per heavy atom. The summed E-state index contributed by atoms with van der Waals surface area (Å²) in [6.07, 6.45) is 0.867. The molecule has 1 atom stereocenters. The number of amides is 1. The first-order valence-electron chi connectivity index (χ1n) is 11.8.